The monoisotopic (exact) mass is 287 g/mol. The molecule has 3 aromatic rings. The van der Waals surface area contributed by atoms with Crippen LogP contribution in [-0.4, -0.2) is 14.4 Å². The van der Waals surface area contributed by atoms with E-state index in [4.69, 9.17) is 0 Å². The topological polar surface area (TPSA) is 30.2 Å². The Labute approximate surface area is 107 Å². The number of hydrogen-bond acceptors (Lipinski definition) is 2. The Morgan fingerprint density at radius 2 is 1.82 bits per heavy atom. The van der Waals surface area contributed by atoms with Crippen LogP contribution in [-0.2, 0) is 6.42 Å². The van der Waals surface area contributed by atoms with Gasteiger partial charge in [-0.15, -0.1) is 0 Å². The van der Waals surface area contributed by atoms with Crippen LogP contribution in [0.25, 0.3) is 5.78 Å². The smallest absolute Gasteiger partial charge is 0.233 e. The van der Waals surface area contributed by atoms with Crippen molar-refractivity contribution in [2.75, 3.05) is 0 Å². The summed E-state index contributed by atoms with van der Waals surface area (Å²) in [4.78, 5) is 8.53. The zero-order valence-corrected chi connectivity index (χ0v) is 10.6. The first-order valence-corrected chi connectivity index (χ1v) is 6.13. The average molecular weight is 288 g/mol. The first-order valence-electron chi connectivity index (χ1n) is 5.34. The summed E-state index contributed by atoms with van der Waals surface area (Å²) in [7, 11) is 0. The molecule has 0 saturated heterocycles. The molecule has 17 heavy (non-hydrogen) atoms. The summed E-state index contributed by atoms with van der Waals surface area (Å²) < 4.78 is 2.97. The van der Waals surface area contributed by atoms with Gasteiger partial charge in [-0.1, -0.05) is 30.3 Å². The largest absolute Gasteiger partial charge is 0.287 e. The normalized spacial score (nSPS) is 10.9. The fourth-order valence-electron chi connectivity index (χ4n) is 1.83. The second-order valence-corrected chi connectivity index (χ2v) is 4.77. The molecular weight excluding hydrogens is 278 g/mol. The van der Waals surface area contributed by atoms with Gasteiger partial charge in [-0.25, -0.2) is 9.97 Å². The Kier molecular flexibility index (Phi) is 2.65. The van der Waals surface area contributed by atoms with Crippen LogP contribution in [0.15, 0.2) is 53.4 Å². The highest BCUT2D eigenvalue weighted by Crippen LogP contribution is 2.14. The van der Waals surface area contributed by atoms with Gasteiger partial charge in [0.2, 0.25) is 5.78 Å². The van der Waals surface area contributed by atoms with E-state index in [0.29, 0.717) is 0 Å². The highest BCUT2D eigenvalue weighted by Gasteiger charge is 2.05. The van der Waals surface area contributed by atoms with E-state index in [2.05, 4.69) is 38.0 Å². The Balaban J connectivity index is 2.03. The summed E-state index contributed by atoms with van der Waals surface area (Å²) in [5.74, 6) is 0.735. The molecule has 0 unspecified atom stereocenters. The minimum Gasteiger partial charge on any atom is -0.287 e. The molecule has 1 aromatic carbocycles. The molecule has 3 rings (SSSR count). The van der Waals surface area contributed by atoms with Gasteiger partial charge in [0.25, 0.3) is 0 Å². The van der Waals surface area contributed by atoms with Crippen LogP contribution >= 0.6 is 15.9 Å². The SMILES string of the molecule is Brc1cnc2ncc(Cc3ccccc3)n2c1. The van der Waals surface area contributed by atoms with Crippen LogP contribution in [0.5, 0.6) is 0 Å². The number of halogens is 1. The summed E-state index contributed by atoms with van der Waals surface area (Å²) >= 11 is 3.43. The third-order valence-electron chi connectivity index (χ3n) is 2.64. The number of benzene rings is 1. The van der Waals surface area contributed by atoms with E-state index in [1.807, 2.05) is 35.0 Å². The van der Waals surface area contributed by atoms with Gasteiger partial charge in [-0.3, -0.25) is 4.40 Å². The summed E-state index contributed by atoms with van der Waals surface area (Å²) in [5.41, 5.74) is 2.41. The van der Waals surface area contributed by atoms with E-state index in [-0.39, 0.29) is 0 Å². The van der Waals surface area contributed by atoms with Crippen molar-refractivity contribution in [1.82, 2.24) is 14.4 Å². The van der Waals surface area contributed by atoms with E-state index < -0.39 is 0 Å². The second kappa shape index (κ2) is 4.30. The van der Waals surface area contributed by atoms with Crippen molar-refractivity contribution in [2.24, 2.45) is 0 Å². The van der Waals surface area contributed by atoms with Crippen LogP contribution < -0.4 is 0 Å². The van der Waals surface area contributed by atoms with Crippen molar-refractivity contribution >= 4 is 21.7 Å². The molecule has 0 spiro atoms. The van der Waals surface area contributed by atoms with Gasteiger partial charge < -0.3 is 0 Å². The molecule has 0 radical (unpaired) electrons. The number of imidazole rings is 1. The van der Waals surface area contributed by atoms with E-state index in [0.717, 1.165) is 22.4 Å². The van der Waals surface area contributed by atoms with Gasteiger partial charge in [0.1, 0.15) is 0 Å². The van der Waals surface area contributed by atoms with Crippen molar-refractivity contribution in [3.05, 3.63) is 64.7 Å². The maximum absolute atomic E-state index is 4.29. The molecule has 84 valence electrons. The molecule has 0 bridgehead atoms. The van der Waals surface area contributed by atoms with Crippen molar-refractivity contribution in [2.45, 2.75) is 6.42 Å². The minimum atomic E-state index is 0.735. The third kappa shape index (κ3) is 2.08. The first kappa shape index (κ1) is 10.5. The van der Waals surface area contributed by atoms with Crippen LogP contribution in [0.4, 0.5) is 0 Å². The highest BCUT2D eigenvalue weighted by molar-refractivity contribution is 9.10. The zero-order chi connectivity index (χ0) is 11.7. The predicted octanol–water partition coefficient (Wildman–Crippen LogP) is 3.08. The van der Waals surface area contributed by atoms with Gasteiger partial charge in [-0.2, -0.15) is 0 Å². The number of aromatic nitrogens is 3. The molecule has 2 aromatic heterocycles. The maximum Gasteiger partial charge on any atom is 0.233 e. The summed E-state index contributed by atoms with van der Waals surface area (Å²) in [6, 6.07) is 10.4. The Morgan fingerprint density at radius 1 is 1.06 bits per heavy atom. The quantitative estimate of drug-likeness (QED) is 0.725. The van der Waals surface area contributed by atoms with Crippen LogP contribution in [0.1, 0.15) is 11.3 Å². The lowest BCUT2D eigenvalue weighted by atomic mass is 10.1. The molecule has 0 aliphatic rings. The van der Waals surface area contributed by atoms with E-state index in [9.17, 15) is 0 Å². The van der Waals surface area contributed by atoms with Crippen LogP contribution in [0.3, 0.4) is 0 Å². The van der Waals surface area contributed by atoms with Gasteiger partial charge in [-0.05, 0) is 21.5 Å². The first-order chi connectivity index (χ1) is 8.33. The molecule has 0 fully saturated rings. The molecule has 0 aliphatic carbocycles. The Morgan fingerprint density at radius 3 is 2.65 bits per heavy atom. The average Bonchev–Trinajstić information content (AvgIpc) is 2.73. The van der Waals surface area contributed by atoms with Crippen molar-refractivity contribution in [3.8, 4) is 0 Å². The van der Waals surface area contributed by atoms with Crippen molar-refractivity contribution in [1.29, 1.82) is 0 Å². The third-order valence-corrected chi connectivity index (χ3v) is 3.05. The summed E-state index contributed by atoms with van der Waals surface area (Å²) in [6.45, 7) is 0. The minimum absolute atomic E-state index is 0.735. The highest BCUT2D eigenvalue weighted by atomic mass is 79.9. The van der Waals surface area contributed by atoms with Crippen LogP contribution in [0.2, 0.25) is 0 Å². The molecule has 0 atom stereocenters. The lowest BCUT2D eigenvalue weighted by molar-refractivity contribution is 0.996. The Bertz CT molecular complexity index is 646. The zero-order valence-electron chi connectivity index (χ0n) is 9.05. The van der Waals surface area contributed by atoms with Gasteiger partial charge in [0.05, 0.1) is 10.7 Å². The number of nitrogens with zero attached hydrogens (tertiary/aromatic N) is 3. The molecular formula is C13H10BrN3. The lowest BCUT2D eigenvalue weighted by Gasteiger charge is -2.01. The molecule has 0 aliphatic heterocycles. The number of rotatable bonds is 2. The number of hydrogen-bond donors (Lipinski definition) is 0. The summed E-state index contributed by atoms with van der Waals surface area (Å²) in [5, 5.41) is 0. The maximum atomic E-state index is 4.29. The fourth-order valence-corrected chi connectivity index (χ4v) is 2.14. The number of fused-ring (bicyclic) bond motifs is 1. The van der Waals surface area contributed by atoms with E-state index >= 15 is 0 Å². The molecule has 4 heteroatoms. The Hall–Kier alpha value is -1.68. The van der Waals surface area contributed by atoms with Crippen molar-refractivity contribution in [3.63, 3.8) is 0 Å². The molecule has 2 heterocycles. The molecule has 0 N–H and O–H groups in total. The predicted molar refractivity (Wildman–Crippen MR) is 69.9 cm³/mol. The summed E-state index contributed by atoms with van der Waals surface area (Å²) in [6.07, 6.45) is 6.49. The second-order valence-electron chi connectivity index (χ2n) is 3.85. The molecule has 0 saturated carbocycles. The van der Waals surface area contributed by atoms with Gasteiger partial charge in [0, 0.05) is 24.5 Å². The fraction of sp³-hybridized carbons (Fsp3) is 0.0769. The lowest BCUT2D eigenvalue weighted by Crippen LogP contribution is -1.95. The molecule has 0 amide bonds. The van der Waals surface area contributed by atoms with Crippen LogP contribution in [0, 0.1) is 0 Å². The standard InChI is InChI=1S/C13H10BrN3/c14-11-7-15-13-16-8-12(17(13)9-11)6-10-4-2-1-3-5-10/h1-5,7-9H,6H2. The van der Waals surface area contributed by atoms with Gasteiger partial charge >= 0.3 is 0 Å². The molecule has 3 nitrogen and oxygen atoms in total. The van der Waals surface area contributed by atoms with E-state index in [1.165, 1.54) is 5.56 Å². The van der Waals surface area contributed by atoms with E-state index in [1.54, 1.807) is 6.20 Å². The van der Waals surface area contributed by atoms with Gasteiger partial charge in [0.15, 0.2) is 0 Å². The van der Waals surface area contributed by atoms with Crippen molar-refractivity contribution < 1.29 is 0 Å².